The average Bonchev–Trinajstić information content (AvgIpc) is 2.02. The lowest BCUT2D eigenvalue weighted by Crippen LogP contribution is -2.12. The molecule has 0 aromatic rings. The van der Waals surface area contributed by atoms with Crippen molar-refractivity contribution in [2.24, 2.45) is 0 Å². The van der Waals surface area contributed by atoms with Gasteiger partial charge in [-0.1, -0.05) is 0 Å². The highest BCUT2D eigenvalue weighted by molar-refractivity contribution is 4.14. The summed E-state index contributed by atoms with van der Waals surface area (Å²) in [5.74, 6) is 0. The summed E-state index contributed by atoms with van der Waals surface area (Å²) in [5, 5.41) is 0. The summed E-state index contributed by atoms with van der Waals surface area (Å²) in [6.07, 6.45) is -0.592. The first-order valence-electron chi connectivity index (χ1n) is 2.70. The zero-order valence-corrected chi connectivity index (χ0v) is 5.44. The van der Waals surface area contributed by atoms with Crippen LogP contribution >= 0.6 is 0 Å². The van der Waals surface area contributed by atoms with Crippen LogP contribution in [0.3, 0.4) is 0 Å². The standard InChI is InChI=1S/C4H8O6/c1-4-9-7-2-5-6-3-8-10-4/h4H,2-3H2,1H3. The second-order valence-electron chi connectivity index (χ2n) is 1.47. The van der Waals surface area contributed by atoms with E-state index in [1.165, 1.54) is 0 Å². The summed E-state index contributed by atoms with van der Waals surface area (Å²) in [6.45, 7) is 1.37. The summed E-state index contributed by atoms with van der Waals surface area (Å²) in [6, 6.07) is 0. The molecule has 1 saturated heterocycles. The summed E-state index contributed by atoms with van der Waals surface area (Å²) >= 11 is 0. The van der Waals surface area contributed by atoms with Gasteiger partial charge in [-0.25, -0.2) is 19.6 Å². The highest BCUT2D eigenvalue weighted by Crippen LogP contribution is 1.98. The molecule has 0 amide bonds. The van der Waals surface area contributed by atoms with Crippen molar-refractivity contribution in [3.8, 4) is 0 Å². The maximum atomic E-state index is 4.51. The molecule has 1 heterocycles. The molecule has 0 saturated carbocycles. The van der Waals surface area contributed by atoms with Crippen molar-refractivity contribution in [2.75, 3.05) is 13.6 Å². The van der Waals surface area contributed by atoms with E-state index in [2.05, 4.69) is 29.3 Å². The Morgan fingerprint density at radius 2 is 1.40 bits per heavy atom. The van der Waals surface area contributed by atoms with E-state index in [1.54, 1.807) is 6.92 Å². The van der Waals surface area contributed by atoms with Crippen LogP contribution in [0.2, 0.25) is 0 Å². The predicted octanol–water partition coefficient (Wildman–Crippen LogP) is 0.106. The molecule has 60 valence electrons. The highest BCUT2D eigenvalue weighted by Gasteiger charge is 2.06. The predicted molar refractivity (Wildman–Crippen MR) is 25.7 cm³/mol. The van der Waals surface area contributed by atoms with Gasteiger partial charge in [-0.3, -0.25) is 0 Å². The fourth-order valence-electron chi connectivity index (χ4n) is 0.371. The minimum Gasteiger partial charge on any atom is -0.202 e. The fraction of sp³-hybridized carbons (Fsp3) is 1.00. The molecule has 0 unspecified atom stereocenters. The van der Waals surface area contributed by atoms with Crippen LogP contribution in [-0.2, 0) is 29.3 Å². The molecule has 1 fully saturated rings. The van der Waals surface area contributed by atoms with E-state index in [0.29, 0.717) is 0 Å². The first-order valence-corrected chi connectivity index (χ1v) is 2.70. The van der Waals surface area contributed by atoms with Crippen molar-refractivity contribution in [3.63, 3.8) is 0 Å². The van der Waals surface area contributed by atoms with Gasteiger partial charge in [0.15, 0.2) is 0 Å². The van der Waals surface area contributed by atoms with Crippen LogP contribution in [0.1, 0.15) is 6.92 Å². The zero-order chi connectivity index (χ0) is 7.23. The molecule has 1 aliphatic heterocycles. The van der Waals surface area contributed by atoms with Crippen LogP contribution in [0.15, 0.2) is 0 Å². The molecule has 0 radical (unpaired) electrons. The van der Waals surface area contributed by atoms with E-state index in [9.17, 15) is 0 Å². The third kappa shape index (κ3) is 3.06. The van der Waals surface area contributed by atoms with Crippen molar-refractivity contribution in [3.05, 3.63) is 0 Å². The van der Waals surface area contributed by atoms with Crippen LogP contribution < -0.4 is 0 Å². The van der Waals surface area contributed by atoms with Gasteiger partial charge in [0, 0.05) is 0 Å². The number of hydrogen-bond donors (Lipinski definition) is 0. The third-order valence-corrected chi connectivity index (χ3v) is 0.683. The Bertz CT molecular complexity index is 75.8. The summed E-state index contributed by atoms with van der Waals surface area (Å²) in [7, 11) is 0. The minimum atomic E-state index is -0.592. The Balaban J connectivity index is 2.15. The minimum absolute atomic E-state index is 0.114. The molecule has 0 N–H and O–H groups in total. The molecular weight excluding hydrogens is 144 g/mol. The lowest BCUT2D eigenvalue weighted by atomic mass is 10.8. The van der Waals surface area contributed by atoms with Gasteiger partial charge in [0.05, 0.1) is 0 Å². The van der Waals surface area contributed by atoms with Crippen LogP contribution in [0, 0.1) is 0 Å². The van der Waals surface area contributed by atoms with Crippen molar-refractivity contribution in [1.82, 2.24) is 0 Å². The second kappa shape index (κ2) is 4.56. The van der Waals surface area contributed by atoms with Gasteiger partial charge in [-0.05, 0) is 6.92 Å². The number of rotatable bonds is 0. The summed E-state index contributed by atoms with van der Waals surface area (Å²) in [5.41, 5.74) is 0. The molecule has 1 rings (SSSR count). The van der Waals surface area contributed by atoms with Gasteiger partial charge >= 0.3 is 0 Å². The number of hydrogen-bond acceptors (Lipinski definition) is 6. The Labute approximate surface area is 57.3 Å². The van der Waals surface area contributed by atoms with Crippen LogP contribution in [0.5, 0.6) is 0 Å². The fourth-order valence-corrected chi connectivity index (χ4v) is 0.371. The zero-order valence-electron chi connectivity index (χ0n) is 5.44. The lowest BCUT2D eigenvalue weighted by molar-refractivity contribution is -0.457. The molecule has 0 aromatic carbocycles. The second-order valence-corrected chi connectivity index (χ2v) is 1.47. The Morgan fingerprint density at radius 1 is 0.900 bits per heavy atom. The third-order valence-electron chi connectivity index (χ3n) is 0.683. The van der Waals surface area contributed by atoms with Crippen molar-refractivity contribution in [2.45, 2.75) is 13.2 Å². The van der Waals surface area contributed by atoms with Gasteiger partial charge in [0.2, 0.25) is 19.9 Å². The molecule has 10 heavy (non-hydrogen) atoms. The van der Waals surface area contributed by atoms with Crippen molar-refractivity contribution >= 4 is 0 Å². The SMILES string of the molecule is CC1OOCOOCOO1. The van der Waals surface area contributed by atoms with Gasteiger partial charge < -0.3 is 0 Å². The summed E-state index contributed by atoms with van der Waals surface area (Å²) < 4.78 is 0. The molecule has 0 atom stereocenters. The van der Waals surface area contributed by atoms with Crippen LogP contribution in [0.4, 0.5) is 0 Å². The van der Waals surface area contributed by atoms with Crippen LogP contribution in [-0.4, -0.2) is 19.9 Å². The van der Waals surface area contributed by atoms with E-state index >= 15 is 0 Å². The molecule has 6 nitrogen and oxygen atoms in total. The maximum Gasteiger partial charge on any atom is 0.221 e. The maximum absolute atomic E-state index is 4.51. The van der Waals surface area contributed by atoms with Gasteiger partial charge in [-0.2, -0.15) is 9.78 Å². The molecule has 6 heteroatoms. The van der Waals surface area contributed by atoms with Crippen molar-refractivity contribution in [1.29, 1.82) is 0 Å². The van der Waals surface area contributed by atoms with Gasteiger partial charge in [0.25, 0.3) is 0 Å². The Kier molecular flexibility index (Phi) is 3.58. The quantitative estimate of drug-likeness (QED) is 0.459. The molecule has 0 aliphatic carbocycles. The smallest absolute Gasteiger partial charge is 0.202 e. The largest absolute Gasteiger partial charge is 0.221 e. The average molecular weight is 152 g/mol. The normalized spacial score (nSPS) is 24.9. The Morgan fingerprint density at radius 3 is 1.90 bits per heavy atom. The molecule has 1 aliphatic rings. The molecule has 0 aromatic heterocycles. The van der Waals surface area contributed by atoms with E-state index in [0.717, 1.165) is 0 Å². The summed E-state index contributed by atoms with van der Waals surface area (Å²) in [4.78, 5) is 26.6. The highest BCUT2D eigenvalue weighted by atomic mass is 17.4. The lowest BCUT2D eigenvalue weighted by Gasteiger charge is -2.06. The van der Waals surface area contributed by atoms with Gasteiger partial charge in [0.1, 0.15) is 0 Å². The van der Waals surface area contributed by atoms with Crippen LogP contribution in [0.25, 0.3) is 0 Å². The first-order chi connectivity index (χ1) is 4.89. The van der Waals surface area contributed by atoms with Crippen molar-refractivity contribution < 1.29 is 29.3 Å². The van der Waals surface area contributed by atoms with E-state index in [4.69, 9.17) is 0 Å². The van der Waals surface area contributed by atoms with E-state index in [1.807, 2.05) is 0 Å². The van der Waals surface area contributed by atoms with E-state index in [-0.39, 0.29) is 13.6 Å². The molecular formula is C4H8O6. The van der Waals surface area contributed by atoms with E-state index < -0.39 is 6.29 Å². The first kappa shape index (κ1) is 7.86. The monoisotopic (exact) mass is 152 g/mol. The molecule has 0 bridgehead atoms. The Hall–Kier alpha value is -0.240. The molecule has 0 spiro atoms. The topological polar surface area (TPSA) is 55.4 Å². The van der Waals surface area contributed by atoms with Gasteiger partial charge in [-0.15, -0.1) is 0 Å².